The maximum Gasteiger partial charge on any atom is 0.0455 e. The van der Waals surface area contributed by atoms with Gasteiger partial charge in [-0.1, -0.05) is 17.7 Å². The van der Waals surface area contributed by atoms with Crippen LogP contribution in [-0.2, 0) is 0 Å². The highest BCUT2D eigenvalue weighted by Crippen LogP contribution is 2.21. The van der Waals surface area contributed by atoms with E-state index >= 15 is 0 Å². The van der Waals surface area contributed by atoms with Crippen LogP contribution in [-0.4, -0.2) is 31.6 Å². The summed E-state index contributed by atoms with van der Waals surface area (Å²) in [6.07, 6.45) is 2.65. The second kappa shape index (κ2) is 5.74. The lowest BCUT2D eigenvalue weighted by Crippen LogP contribution is -2.35. The number of nitrogens with zero attached hydrogens (tertiary/aromatic N) is 1. The predicted molar refractivity (Wildman–Crippen MR) is 74.9 cm³/mol. The minimum atomic E-state index is 0.758. The number of aryl methyl sites for hydroxylation is 1. The molecule has 0 spiro atoms. The van der Waals surface area contributed by atoms with E-state index in [2.05, 4.69) is 29.4 Å². The van der Waals surface area contributed by atoms with Gasteiger partial charge in [-0.05, 0) is 57.0 Å². The first-order chi connectivity index (χ1) is 8.15. The molecule has 1 heterocycles. The molecule has 1 aliphatic heterocycles. The van der Waals surface area contributed by atoms with Crippen molar-refractivity contribution in [1.29, 1.82) is 0 Å². The van der Waals surface area contributed by atoms with Crippen LogP contribution in [0.15, 0.2) is 18.2 Å². The number of likely N-dealkylation sites (tertiary alicyclic amines) is 1. The molecule has 0 amide bonds. The normalized spacial score (nSPS) is 21.5. The smallest absolute Gasteiger partial charge is 0.0455 e. The Morgan fingerprint density at radius 2 is 2.29 bits per heavy atom. The number of nitrogens with one attached hydrogen (secondary N) is 1. The van der Waals surface area contributed by atoms with Crippen molar-refractivity contribution >= 4 is 17.3 Å². The minimum Gasteiger partial charge on any atom is -0.385 e. The van der Waals surface area contributed by atoms with Crippen molar-refractivity contribution < 1.29 is 0 Å². The van der Waals surface area contributed by atoms with Crippen molar-refractivity contribution in [1.82, 2.24) is 4.90 Å². The molecule has 1 fully saturated rings. The molecule has 2 rings (SSSR count). The Morgan fingerprint density at radius 3 is 3.00 bits per heavy atom. The molecule has 1 aliphatic rings. The molecule has 1 saturated heterocycles. The number of anilines is 1. The highest BCUT2D eigenvalue weighted by Gasteiger charge is 2.16. The Morgan fingerprint density at radius 1 is 1.47 bits per heavy atom. The summed E-state index contributed by atoms with van der Waals surface area (Å²) < 4.78 is 0. The number of hydrogen-bond acceptors (Lipinski definition) is 2. The third kappa shape index (κ3) is 3.62. The number of piperidine rings is 1. The van der Waals surface area contributed by atoms with Gasteiger partial charge in [0.2, 0.25) is 0 Å². The molecule has 94 valence electrons. The van der Waals surface area contributed by atoms with Crippen LogP contribution >= 0.6 is 11.6 Å². The first kappa shape index (κ1) is 12.7. The van der Waals surface area contributed by atoms with Crippen molar-refractivity contribution in [2.45, 2.75) is 19.8 Å². The van der Waals surface area contributed by atoms with Crippen molar-refractivity contribution in [2.75, 3.05) is 32.0 Å². The first-order valence-corrected chi connectivity index (χ1v) is 6.71. The Kier molecular flexibility index (Phi) is 4.30. The summed E-state index contributed by atoms with van der Waals surface area (Å²) in [4.78, 5) is 2.41. The molecule has 0 bridgehead atoms. The largest absolute Gasteiger partial charge is 0.385 e. The van der Waals surface area contributed by atoms with Gasteiger partial charge in [-0.2, -0.15) is 0 Å². The molecule has 17 heavy (non-hydrogen) atoms. The summed E-state index contributed by atoms with van der Waals surface area (Å²) in [7, 11) is 2.20. The molecule has 1 aromatic carbocycles. The highest BCUT2D eigenvalue weighted by atomic mass is 35.5. The lowest BCUT2D eigenvalue weighted by Gasteiger charge is -2.30. The lowest BCUT2D eigenvalue weighted by molar-refractivity contribution is 0.217. The van der Waals surface area contributed by atoms with Crippen LogP contribution in [0.5, 0.6) is 0 Å². The predicted octanol–water partition coefficient (Wildman–Crippen LogP) is 3.40. The van der Waals surface area contributed by atoms with Gasteiger partial charge in [0.25, 0.3) is 0 Å². The van der Waals surface area contributed by atoms with Crippen molar-refractivity contribution in [3.05, 3.63) is 28.8 Å². The SMILES string of the molecule is Cc1ccc(NCC2CCCN(C)C2)cc1Cl. The van der Waals surface area contributed by atoms with Crippen LogP contribution in [0.4, 0.5) is 5.69 Å². The maximum atomic E-state index is 6.11. The van der Waals surface area contributed by atoms with Crippen LogP contribution in [0.3, 0.4) is 0 Å². The summed E-state index contributed by atoms with van der Waals surface area (Å²) in [5.74, 6) is 0.758. The Bertz CT molecular complexity index is 378. The van der Waals surface area contributed by atoms with E-state index in [-0.39, 0.29) is 0 Å². The number of hydrogen-bond donors (Lipinski definition) is 1. The molecule has 0 radical (unpaired) electrons. The molecule has 1 unspecified atom stereocenters. The van der Waals surface area contributed by atoms with Crippen LogP contribution in [0.2, 0.25) is 5.02 Å². The fourth-order valence-electron chi connectivity index (χ4n) is 2.40. The van der Waals surface area contributed by atoms with E-state index in [9.17, 15) is 0 Å². The molecule has 1 aromatic rings. The van der Waals surface area contributed by atoms with Gasteiger partial charge in [-0.25, -0.2) is 0 Å². The van der Waals surface area contributed by atoms with E-state index in [1.165, 1.54) is 25.9 Å². The quantitative estimate of drug-likeness (QED) is 0.887. The summed E-state index contributed by atoms with van der Waals surface area (Å²) in [6.45, 7) is 5.52. The standard InChI is InChI=1S/C14H21ClN2/c1-11-5-6-13(8-14(11)15)16-9-12-4-3-7-17(2)10-12/h5-6,8,12,16H,3-4,7,9-10H2,1-2H3. The third-order valence-corrected chi connectivity index (χ3v) is 3.90. The zero-order chi connectivity index (χ0) is 12.3. The first-order valence-electron chi connectivity index (χ1n) is 6.33. The third-order valence-electron chi connectivity index (χ3n) is 3.49. The van der Waals surface area contributed by atoms with Gasteiger partial charge in [0.1, 0.15) is 0 Å². The van der Waals surface area contributed by atoms with Gasteiger partial charge in [0.15, 0.2) is 0 Å². The van der Waals surface area contributed by atoms with Crippen LogP contribution in [0.1, 0.15) is 18.4 Å². The second-order valence-corrected chi connectivity index (χ2v) is 5.52. The van der Waals surface area contributed by atoms with Crippen LogP contribution in [0.25, 0.3) is 0 Å². The summed E-state index contributed by atoms with van der Waals surface area (Å²) in [5.41, 5.74) is 2.27. The monoisotopic (exact) mass is 252 g/mol. The average molecular weight is 253 g/mol. The van der Waals surface area contributed by atoms with E-state index in [0.29, 0.717) is 0 Å². The second-order valence-electron chi connectivity index (χ2n) is 5.12. The highest BCUT2D eigenvalue weighted by molar-refractivity contribution is 6.31. The number of rotatable bonds is 3. The number of halogens is 1. The van der Waals surface area contributed by atoms with E-state index in [1.807, 2.05) is 13.0 Å². The molecule has 3 heteroatoms. The Labute approximate surface area is 109 Å². The lowest BCUT2D eigenvalue weighted by atomic mass is 9.98. The Balaban J connectivity index is 1.86. The average Bonchev–Trinajstić information content (AvgIpc) is 2.31. The topological polar surface area (TPSA) is 15.3 Å². The van der Waals surface area contributed by atoms with Crippen molar-refractivity contribution in [3.63, 3.8) is 0 Å². The molecular weight excluding hydrogens is 232 g/mol. The molecule has 1 N–H and O–H groups in total. The molecule has 2 nitrogen and oxygen atoms in total. The van der Waals surface area contributed by atoms with Gasteiger partial charge in [-0.15, -0.1) is 0 Å². The van der Waals surface area contributed by atoms with Crippen LogP contribution < -0.4 is 5.32 Å². The van der Waals surface area contributed by atoms with E-state index in [4.69, 9.17) is 11.6 Å². The molecule has 0 aliphatic carbocycles. The fourth-order valence-corrected chi connectivity index (χ4v) is 2.59. The van der Waals surface area contributed by atoms with Gasteiger partial charge in [0.05, 0.1) is 0 Å². The Hall–Kier alpha value is -0.730. The van der Waals surface area contributed by atoms with Crippen molar-refractivity contribution in [3.8, 4) is 0 Å². The zero-order valence-corrected chi connectivity index (χ0v) is 11.4. The minimum absolute atomic E-state index is 0.758. The maximum absolute atomic E-state index is 6.11. The van der Waals surface area contributed by atoms with E-state index in [1.54, 1.807) is 0 Å². The van der Waals surface area contributed by atoms with Crippen molar-refractivity contribution in [2.24, 2.45) is 5.92 Å². The zero-order valence-electron chi connectivity index (χ0n) is 10.7. The fraction of sp³-hybridized carbons (Fsp3) is 0.571. The molecule has 0 aromatic heterocycles. The molecule has 0 saturated carbocycles. The van der Waals surface area contributed by atoms with Gasteiger partial charge < -0.3 is 10.2 Å². The van der Waals surface area contributed by atoms with E-state index in [0.717, 1.165) is 28.7 Å². The van der Waals surface area contributed by atoms with Crippen LogP contribution in [0, 0.1) is 12.8 Å². The summed E-state index contributed by atoms with van der Waals surface area (Å²) in [6, 6.07) is 6.19. The van der Waals surface area contributed by atoms with E-state index < -0.39 is 0 Å². The molecular formula is C14H21ClN2. The van der Waals surface area contributed by atoms with Gasteiger partial charge >= 0.3 is 0 Å². The van der Waals surface area contributed by atoms with Gasteiger partial charge in [-0.3, -0.25) is 0 Å². The summed E-state index contributed by atoms with van der Waals surface area (Å²) in [5, 5.41) is 4.34. The summed E-state index contributed by atoms with van der Waals surface area (Å²) >= 11 is 6.11. The van der Waals surface area contributed by atoms with Gasteiger partial charge in [0, 0.05) is 23.8 Å². The molecule has 1 atom stereocenters. The number of benzene rings is 1.